The van der Waals surface area contributed by atoms with Crippen LogP contribution in [0, 0.1) is 0 Å². The number of thioether (sulfide) groups is 2. The van der Waals surface area contributed by atoms with E-state index >= 15 is 0 Å². The second-order valence-corrected chi connectivity index (χ2v) is 8.70. The number of aryl methyl sites for hydroxylation is 1. The summed E-state index contributed by atoms with van der Waals surface area (Å²) in [4.78, 5) is 3.56. The van der Waals surface area contributed by atoms with E-state index in [1.165, 1.54) is 16.0 Å². The molecular weight excluding hydrogens is 400 g/mol. The third-order valence-electron chi connectivity index (χ3n) is 5.01. The zero-order valence-corrected chi connectivity index (χ0v) is 18.5. The molecular formula is C22H26N4OS2. The Hall–Kier alpha value is -1.96. The van der Waals surface area contributed by atoms with Crippen molar-refractivity contribution in [3.05, 3.63) is 59.7 Å². The average molecular weight is 427 g/mol. The van der Waals surface area contributed by atoms with Gasteiger partial charge in [-0.1, -0.05) is 43.0 Å². The molecule has 0 unspecified atom stereocenters. The Bertz CT molecular complexity index is 936. The van der Waals surface area contributed by atoms with E-state index in [1.807, 2.05) is 0 Å². The van der Waals surface area contributed by atoms with Gasteiger partial charge in [-0.25, -0.2) is 0 Å². The lowest BCUT2D eigenvalue weighted by Gasteiger charge is -2.28. The van der Waals surface area contributed by atoms with E-state index in [-0.39, 0.29) is 0 Å². The maximum Gasteiger partial charge on any atom is 0.232 e. The Morgan fingerprint density at radius 2 is 1.79 bits per heavy atom. The van der Waals surface area contributed by atoms with Crippen molar-refractivity contribution in [2.24, 2.45) is 0 Å². The van der Waals surface area contributed by atoms with Crippen LogP contribution in [-0.4, -0.2) is 47.3 Å². The Morgan fingerprint density at radius 1 is 1.00 bits per heavy atom. The highest BCUT2D eigenvalue weighted by Crippen LogP contribution is 2.30. The first-order valence-corrected chi connectivity index (χ1v) is 12.1. The summed E-state index contributed by atoms with van der Waals surface area (Å²) in [5.74, 6) is 1.77. The van der Waals surface area contributed by atoms with E-state index < -0.39 is 0 Å². The normalized spacial score (nSPS) is 14.3. The molecule has 1 aromatic heterocycles. The number of aromatic nitrogens is 3. The van der Waals surface area contributed by atoms with Crippen LogP contribution in [0.1, 0.15) is 18.1 Å². The molecule has 0 N–H and O–H groups in total. The predicted octanol–water partition coefficient (Wildman–Crippen LogP) is 4.68. The van der Waals surface area contributed by atoms with E-state index in [4.69, 9.17) is 4.74 Å². The van der Waals surface area contributed by atoms with Crippen LogP contribution in [0.3, 0.4) is 0 Å². The third-order valence-corrected chi connectivity index (χ3v) is 6.76. The lowest BCUT2D eigenvalue weighted by molar-refractivity contribution is 0.122. The molecule has 0 spiro atoms. The molecule has 2 heterocycles. The maximum absolute atomic E-state index is 5.53. The number of hydrogen-bond donors (Lipinski definition) is 0. The second kappa shape index (κ2) is 9.69. The van der Waals surface area contributed by atoms with Crippen molar-refractivity contribution in [3.8, 4) is 5.69 Å². The fourth-order valence-corrected chi connectivity index (χ4v) is 4.65. The summed E-state index contributed by atoms with van der Waals surface area (Å²) in [6, 6.07) is 17.4. The number of benzene rings is 2. The van der Waals surface area contributed by atoms with Gasteiger partial charge in [-0.2, -0.15) is 0 Å². The van der Waals surface area contributed by atoms with Crippen molar-refractivity contribution < 1.29 is 4.74 Å². The van der Waals surface area contributed by atoms with Crippen molar-refractivity contribution in [2.45, 2.75) is 29.1 Å². The van der Waals surface area contributed by atoms with Crippen molar-refractivity contribution in [1.29, 1.82) is 0 Å². The van der Waals surface area contributed by atoms with Crippen LogP contribution in [0.5, 0.6) is 0 Å². The summed E-state index contributed by atoms with van der Waals surface area (Å²) in [5, 5.41) is 10.1. The van der Waals surface area contributed by atoms with Crippen molar-refractivity contribution in [3.63, 3.8) is 0 Å². The molecule has 4 rings (SSSR count). The van der Waals surface area contributed by atoms with Crippen LogP contribution in [0.25, 0.3) is 5.69 Å². The molecule has 0 radical (unpaired) electrons. The highest BCUT2D eigenvalue weighted by molar-refractivity contribution is 7.98. The number of ether oxygens (including phenoxy) is 1. The minimum Gasteiger partial charge on any atom is -0.378 e. The molecule has 7 heteroatoms. The number of rotatable bonds is 7. The van der Waals surface area contributed by atoms with E-state index in [0.29, 0.717) is 0 Å². The molecule has 29 heavy (non-hydrogen) atoms. The highest BCUT2D eigenvalue weighted by Gasteiger charge is 2.22. The van der Waals surface area contributed by atoms with Gasteiger partial charge in [-0.15, -0.1) is 22.0 Å². The van der Waals surface area contributed by atoms with Gasteiger partial charge in [0.1, 0.15) is 0 Å². The van der Waals surface area contributed by atoms with Gasteiger partial charge >= 0.3 is 0 Å². The summed E-state index contributed by atoms with van der Waals surface area (Å²) in [6.07, 6.45) is 3.11. The second-order valence-electron chi connectivity index (χ2n) is 6.88. The van der Waals surface area contributed by atoms with Gasteiger partial charge in [0.05, 0.1) is 18.9 Å². The summed E-state index contributed by atoms with van der Waals surface area (Å²) in [6.45, 7) is 5.32. The van der Waals surface area contributed by atoms with Crippen LogP contribution in [-0.2, 0) is 16.9 Å². The lowest BCUT2D eigenvalue weighted by Crippen LogP contribution is -2.37. The molecule has 152 valence electrons. The quantitative estimate of drug-likeness (QED) is 0.511. The van der Waals surface area contributed by atoms with Crippen molar-refractivity contribution >= 4 is 29.5 Å². The first kappa shape index (κ1) is 20.3. The Morgan fingerprint density at radius 3 is 2.52 bits per heavy atom. The van der Waals surface area contributed by atoms with Crippen molar-refractivity contribution in [1.82, 2.24) is 14.8 Å². The molecule has 0 aliphatic carbocycles. The van der Waals surface area contributed by atoms with Crippen LogP contribution >= 0.6 is 23.5 Å². The van der Waals surface area contributed by atoms with Gasteiger partial charge in [-0.3, -0.25) is 4.57 Å². The SMILES string of the molecule is CCc1cccc(-n2c(SCc3ccc(SC)cc3)nnc2N2CCOCC2)c1. The number of anilines is 1. The van der Waals surface area contributed by atoms with Crippen LogP contribution < -0.4 is 4.90 Å². The molecule has 1 aliphatic heterocycles. The van der Waals surface area contributed by atoms with Gasteiger partial charge in [0, 0.05) is 23.7 Å². The molecule has 1 saturated heterocycles. The summed E-state index contributed by atoms with van der Waals surface area (Å²) < 4.78 is 7.73. The van der Waals surface area contributed by atoms with E-state index in [9.17, 15) is 0 Å². The van der Waals surface area contributed by atoms with Gasteiger partial charge in [0.2, 0.25) is 5.95 Å². The third kappa shape index (κ3) is 4.79. The molecule has 2 aromatic carbocycles. The number of morpholine rings is 1. The molecule has 3 aromatic rings. The Labute approximate surface area is 180 Å². The Balaban J connectivity index is 1.64. The molecule has 1 fully saturated rings. The molecule has 0 saturated carbocycles. The van der Waals surface area contributed by atoms with Gasteiger partial charge in [0.25, 0.3) is 0 Å². The maximum atomic E-state index is 5.53. The summed E-state index contributed by atoms with van der Waals surface area (Å²) >= 11 is 3.50. The van der Waals surface area contributed by atoms with Crippen LogP contribution in [0.15, 0.2) is 58.6 Å². The zero-order chi connectivity index (χ0) is 20.1. The highest BCUT2D eigenvalue weighted by atomic mass is 32.2. The molecule has 0 bridgehead atoms. The van der Waals surface area contributed by atoms with Crippen molar-refractivity contribution in [2.75, 3.05) is 37.5 Å². The van der Waals surface area contributed by atoms with E-state index in [1.54, 1.807) is 23.5 Å². The van der Waals surface area contributed by atoms with Gasteiger partial charge in [-0.05, 0) is 48.1 Å². The number of nitrogens with zero attached hydrogens (tertiary/aromatic N) is 4. The monoisotopic (exact) mass is 426 g/mol. The summed E-state index contributed by atoms with van der Waals surface area (Å²) in [7, 11) is 0. The van der Waals surface area contributed by atoms with Gasteiger partial charge in [0.15, 0.2) is 5.16 Å². The fraction of sp³-hybridized carbons (Fsp3) is 0.364. The first-order chi connectivity index (χ1) is 14.3. The minimum atomic E-state index is 0.728. The topological polar surface area (TPSA) is 43.2 Å². The van der Waals surface area contributed by atoms with E-state index in [0.717, 1.165) is 55.3 Å². The average Bonchev–Trinajstić information content (AvgIpc) is 3.22. The first-order valence-electron chi connectivity index (χ1n) is 9.91. The minimum absolute atomic E-state index is 0.728. The molecule has 5 nitrogen and oxygen atoms in total. The largest absolute Gasteiger partial charge is 0.378 e. The smallest absolute Gasteiger partial charge is 0.232 e. The number of hydrogen-bond acceptors (Lipinski definition) is 6. The molecule has 1 aliphatic rings. The predicted molar refractivity (Wildman–Crippen MR) is 122 cm³/mol. The van der Waals surface area contributed by atoms with Gasteiger partial charge < -0.3 is 9.64 Å². The Kier molecular flexibility index (Phi) is 6.79. The van der Waals surface area contributed by atoms with Crippen LogP contribution in [0.2, 0.25) is 0 Å². The summed E-state index contributed by atoms with van der Waals surface area (Å²) in [5.41, 5.74) is 3.72. The fourth-order valence-electron chi connectivity index (χ4n) is 3.33. The molecule has 0 amide bonds. The zero-order valence-electron chi connectivity index (χ0n) is 16.9. The van der Waals surface area contributed by atoms with Crippen LogP contribution in [0.4, 0.5) is 5.95 Å². The van der Waals surface area contributed by atoms with E-state index in [2.05, 4.69) is 81.4 Å². The standard InChI is InChI=1S/C22H26N4OS2/c1-3-17-5-4-6-19(15-17)26-21(25-11-13-27-14-12-25)23-24-22(26)29-16-18-7-9-20(28-2)10-8-18/h4-10,15H,3,11-14,16H2,1-2H3. The molecule has 0 atom stereocenters. The lowest BCUT2D eigenvalue weighted by atomic mass is 10.1.